The highest BCUT2D eigenvalue weighted by Crippen LogP contribution is 2.36. The van der Waals surface area contributed by atoms with E-state index in [2.05, 4.69) is 10.0 Å². The van der Waals surface area contributed by atoms with Crippen LogP contribution in [-0.4, -0.2) is 30.8 Å². The van der Waals surface area contributed by atoms with Crippen LogP contribution in [0.15, 0.2) is 47.6 Å². The molecule has 3 rings (SSSR count). The lowest BCUT2D eigenvalue weighted by atomic mass is 9.85. The Morgan fingerprint density at radius 3 is 2.66 bits per heavy atom. The summed E-state index contributed by atoms with van der Waals surface area (Å²) < 4.78 is 11.7. The number of nitrogens with zero attached hydrogens (tertiary/aromatic N) is 3. The number of hydrogen-bond donors (Lipinski definition) is 1. The summed E-state index contributed by atoms with van der Waals surface area (Å²) >= 11 is 0. The van der Waals surface area contributed by atoms with E-state index in [0.29, 0.717) is 24.3 Å². The molecule has 2 aromatic carbocycles. The summed E-state index contributed by atoms with van der Waals surface area (Å²) in [6.45, 7) is 2.18. The molecule has 0 saturated heterocycles. The van der Waals surface area contributed by atoms with Gasteiger partial charge in [0.25, 0.3) is 0 Å². The van der Waals surface area contributed by atoms with E-state index in [4.69, 9.17) is 15.0 Å². The molecular weight excluding hydrogens is 406 g/mol. The monoisotopic (exact) mass is 437 g/mol. The number of ether oxygens (including phenoxy) is 2. The summed E-state index contributed by atoms with van der Waals surface area (Å²) in [6, 6.07) is 13.6. The van der Waals surface area contributed by atoms with Crippen LogP contribution in [0.4, 0.5) is 0 Å². The molecule has 0 bridgehead atoms. The number of carboxylic acids is 1. The Morgan fingerprint density at radius 2 is 2.00 bits per heavy atom. The number of aliphatic carboxylic acids is 1. The van der Waals surface area contributed by atoms with Crippen molar-refractivity contribution in [2.75, 3.05) is 13.7 Å². The van der Waals surface area contributed by atoms with Crippen molar-refractivity contribution in [1.82, 2.24) is 0 Å². The SMILES string of the molecule is COc1ccc([C@@H](CN=[N+]=[N-])C[C@@H](Cc2cccc(C)c2)C(=O)O)cc1OC1CCCC1. The van der Waals surface area contributed by atoms with Crippen molar-refractivity contribution in [1.29, 1.82) is 0 Å². The maximum atomic E-state index is 12.1. The van der Waals surface area contributed by atoms with E-state index in [-0.39, 0.29) is 18.6 Å². The second-order valence-corrected chi connectivity index (χ2v) is 8.51. The first kappa shape index (κ1) is 23.5. The first-order valence-electron chi connectivity index (χ1n) is 11.1. The van der Waals surface area contributed by atoms with E-state index >= 15 is 0 Å². The Labute approximate surface area is 189 Å². The highest BCUT2D eigenvalue weighted by atomic mass is 16.5. The number of rotatable bonds is 11. The normalized spacial score (nSPS) is 15.6. The van der Waals surface area contributed by atoms with Crippen molar-refractivity contribution in [3.8, 4) is 11.5 Å². The van der Waals surface area contributed by atoms with Gasteiger partial charge in [-0.05, 0) is 80.2 Å². The molecule has 1 aliphatic carbocycles. The molecule has 7 nitrogen and oxygen atoms in total. The molecule has 0 aromatic heterocycles. The molecule has 0 aliphatic heterocycles. The number of hydrogen-bond acceptors (Lipinski definition) is 4. The van der Waals surface area contributed by atoms with Crippen molar-refractivity contribution in [3.63, 3.8) is 0 Å². The van der Waals surface area contributed by atoms with Gasteiger partial charge in [0.1, 0.15) is 0 Å². The fourth-order valence-electron chi connectivity index (χ4n) is 4.41. The van der Waals surface area contributed by atoms with Gasteiger partial charge in [0.05, 0.1) is 19.1 Å². The van der Waals surface area contributed by atoms with Crippen LogP contribution in [0.2, 0.25) is 0 Å². The molecular formula is C25H31N3O4. The Bertz CT molecular complexity index is 965. The second kappa shape index (κ2) is 11.4. The molecule has 170 valence electrons. The highest BCUT2D eigenvalue weighted by molar-refractivity contribution is 5.70. The molecule has 7 heteroatoms. The van der Waals surface area contributed by atoms with Crippen LogP contribution >= 0.6 is 0 Å². The number of aryl methyl sites for hydroxylation is 1. The van der Waals surface area contributed by atoms with E-state index < -0.39 is 11.9 Å². The van der Waals surface area contributed by atoms with Crippen LogP contribution in [0.25, 0.3) is 10.4 Å². The van der Waals surface area contributed by atoms with E-state index in [0.717, 1.165) is 42.4 Å². The number of methoxy groups -OCH3 is 1. The molecule has 2 atom stereocenters. The molecule has 2 aromatic rings. The first-order chi connectivity index (χ1) is 15.5. The van der Waals surface area contributed by atoms with Crippen LogP contribution in [0.1, 0.15) is 54.7 Å². The fraction of sp³-hybridized carbons (Fsp3) is 0.480. The Hall–Kier alpha value is -3.18. The maximum absolute atomic E-state index is 12.1. The van der Waals surface area contributed by atoms with Gasteiger partial charge in [-0.25, -0.2) is 0 Å². The van der Waals surface area contributed by atoms with Crippen molar-refractivity contribution in [3.05, 3.63) is 69.6 Å². The lowest BCUT2D eigenvalue weighted by Gasteiger charge is -2.22. The molecule has 1 saturated carbocycles. The summed E-state index contributed by atoms with van der Waals surface area (Å²) in [5, 5.41) is 13.7. The van der Waals surface area contributed by atoms with Gasteiger partial charge in [-0.3, -0.25) is 4.79 Å². The van der Waals surface area contributed by atoms with Gasteiger partial charge in [-0.2, -0.15) is 0 Å². The third-order valence-corrected chi connectivity index (χ3v) is 6.10. The van der Waals surface area contributed by atoms with Crippen molar-refractivity contribution < 1.29 is 19.4 Å². The largest absolute Gasteiger partial charge is 0.493 e. The standard InChI is InChI=1S/C25H31N3O4/c1-17-6-5-7-18(12-17)13-20(25(29)30)14-21(16-27-28-26)19-10-11-23(31-2)24(15-19)32-22-8-3-4-9-22/h5-7,10-12,15,20-22H,3-4,8-9,13-14,16H2,1-2H3,(H,29,30)/t20-,21-/m1/s1. The van der Waals surface area contributed by atoms with Gasteiger partial charge in [0.2, 0.25) is 0 Å². The first-order valence-corrected chi connectivity index (χ1v) is 11.1. The van der Waals surface area contributed by atoms with E-state index in [9.17, 15) is 9.90 Å². The molecule has 0 amide bonds. The van der Waals surface area contributed by atoms with Gasteiger partial charge >= 0.3 is 5.97 Å². The van der Waals surface area contributed by atoms with Crippen LogP contribution in [0.5, 0.6) is 11.5 Å². The summed E-state index contributed by atoms with van der Waals surface area (Å²) in [7, 11) is 1.61. The van der Waals surface area contributed by atoms with Crippen LogP contribution in [0, 0.1) is 12.8 Å². The second-order valence-electron chi connectivity index (χ2n) is 8.51. The number of azide groups is 1. The predicted molar refractivity (Wildman–Crippen MR) is 123 cm³/mol. The molecule has 1 N–H and O–H groups in total. The minimum absolute atomic E-state index is 0.169. The summed E-state index contributed by atoms with van der Waals surface area (Å²) in [4.78, 5) is 15.0. The Morgan fingerprint density at radius 1 is 1.22 bits per heavy atom. The topological polar surface area (TPSA) is 105 Å². The minimum Gasteiger partial charge on any atom is -0.493 e. The zero-order valence-corrected chi connectivity index (χ0v) is 18.7. The van der Waals surface area contributed by atoms with Gasteiger partial charge in [-0.15, -0.1) is 0 Å². The minimum atomic E-state index is -0.853. The molecule has 0 radical (unpaired) electrons. The zero-order valence-electron chi connectivity index (χ0n) is 18.7. The van der Waals surface area contributed by atoms with Crippen LogP contribution in [0.3, 0.4) is 0 Å². The quantitative estimate of drug-likeness (QED) is 0.262. The lowest BCUT2D eigenvalue weighted by Crippen LogP contribution is -2.21. The number of benzene rings is 2. The van der Waals surface area contributed by atoms with Gasteiger partial charge < -0.3 is 14.6 Å². The van der Waals surface area contributed by atoms with E-state index in [1.165, 1.54) is 0 Å². The molecule has 0 spiro atoms. The van der Waals surface area contributed by atoms with Gasteiger partial charge in [0.15, 0.2) is 11.5 Å². The predicted octanol–water partition coefficient (Wildman–Crippen LogP) is 6.05. The van der Waals surface area contributed by atoms with Crippen LogP contribution in [-0.2, 0) is 11.2 Å². The third-order valence-electron chi connectivity index (χ3n) is 6.10. The molecule has 1 aliphatic rings. The zero-order chi connectivity index (χ0) is 22.9. The molecule has 0 heterocycles. The smallest absolute Gasteiger partial charge is 0.306 e. The van der Waals surface area contributed by atoms with Gasteiger partial charge in [-0.1, -0.05) is 41.0 Å². The Balaban J connectivity index is 1.85. The molecule has 1 fully saturated rings. The summed E-state index contributed by atoms with van der Waals surface area (Å²) in [6.07, 6.45) is 5.31. The van der Waals surface area contributed by atoms with Crippen molar-refractivity contribution >= 4 is 5.97 Å². The molecule has 0 unspecified atom stereocenters. The summed E-state index contributed by atoms with van der Waals surface area (Å²) in [5.41, 5.74) is 11.9. The fourth-order valence-corrected chi connectivity index (χ4v) is 4.41. The average molecular weight is 438 g/mol. The van der Waals surface area contributed by atoms with Gasteiger partial charge in [0, 0.05) is 11.5 Å². The Kier molecular flexibility index (Phi) is 8.40. The highest BCUT2D eigenvalue weighted by Gasteiger charge is 2.25. The van der Waals surface area contributed by atoms with Crippen molar-refractivity contribution in [2.24, 2.45) is 11.0 Å². The van der Waals surface area contributed by atoms with Crippen molar-refractivity contribution in [2.45, 2.75) is 57.5 Å². The van der Waals surface area contributed by atoms with E-state index in [1.807, 2.05) is 49.4 Å². The third kappa shape index (κ3) is 6.41. The lowest BCUT2D eigenvalue weighted by molar-refractivity contribution is -0.142. The number of carbonyl (C=O) groups is 1. The summed E-state index contributed by atoms with van der Waals surface area (Å²) in [5.74, 6) is -0.384. The van der Waals surface area contributed by atoms with Crippen LogP contribution < -0.4 is 9.47 Å². The number of carboxylic acid groups (broad SMARTS) is 1. The maximum Gasteiger partial charge on any atom is 0.306 e. The average Bonchev–Trinajstić information content (AvgIpc) is 3.29. The molecule has 32 heavy (non-hydrogen) atoms. The van der Waals surface area contributed by atoms with E-state index in [1.54, 1.807) is 7.11 Å².